The molecule has 0 saturated heterocycles. The van der Waals surface area contributed by atoms with Crippen LogP contribution < -0.4 is 0 Å². The zero-order valence-corrected chi connectivity index (χ0v) is 14.1. The van der Waals surface area contributed by atoms with Crippen molar-refractivity contribution in [2.24, 2.45) is 0 Å². The van der Waals surface area contributed by atoms with Crippen LogP contribution in [0.1, 0.15) is 11.1 Å². The third-order valence-electron chi connectivity index (χ3n) is 6.15. The monoisotopic (exact) mass is 329 g/mol. The summed E-state index contributed by atoms with van der Waals surface area (Å²) in [5.41, 5.74) is 13.2. The van der Waals surface area contributed by atoms with Gasteiger partial charge >= 0.3 is 0 Å². The van der Waals surface area contributed by atoms with E-state index in [0.29, 0.717) is 0 Å². The number of nitrogens with one attached hydrogen (secondary N) is 1. The Kier molecular flexibility index (Phi) is 2.12. The first-order valence-electron chi connectivity index (χ1n) is 9.16. The van der Waals surface area contributed by atoms with Crippen LogP contribution in [0.25, 0.3) is 55.2 Å². The maximum atomic E-state index is 3.64. The van der Waals surface area contributed by atoms with Gasteiger partial charge in [0, 0.05) is 21.8 Å². The molecule has 1 aromatic heterocycles. The Morgan fingerprint density at radius 3 is 1.50 bits per heavy atom. The number of hydrogen-bond acceptors (Lipinski definition) is 0. The molecular formula is C25H15N. The lowest BCUT2D eigenvalue weighted by Gasteiger charge is -2.07. The Hall–Kier alpha value is -3.32. The normalized spacial score (nSPS) is 13.2. The quantitative estimate of drug-likeness (QED) is 0.325. The van der Waals surface area contributed by atoms with Crippen LogP contribution in [0.4, 0.5) is 0 Å². The molecule has 8 bridgehead atoms. The second-order valence-corrected chi connectivity index (χ2v) is 7.57. The molecule has 0 amide bonds. The van der Waals surface area contributed by atoms with Crippen LogP contribution in [0, 0.1) is 0 Å². The number of benzene rings is 4. The molecule has 1 aliphatic carbocycles. The van der Waals surface area contributed by atoms with E-state index >= 15 is 0 Å². The van der Waals surface area contributed by atoms with Crippen LogP contribution in [-0.2, 0) is 6.42 Å². The summed E-state index contributed by atoms with van der Waals surface area (Å²) in [6, 6.07) is 27.5. The van der Waals surface area contributed by atoms with Gasteiger partial charge in [0.05, 0.1) is 0 Å². The molecule has 1 N–H and O–H groups in total. The summed E-state index contributed by atoms with van der Waals surface area (Å²) >= 11 is 0. The van der Waals surface area contributed by atoms with E-state index in [4.69, 9.17) is 0 Å². The van der Waals surface area contributed by atoms with Gasteiger partial charge in [-0.25, -0.2) is 0 Å². The highest BCUT2D eigenvalue weighted by Gasteiger charge is 2.20. The number of H-pyrrole nitrogens is 1. The molecule has 1 nitrogen and oxygen atoms in total. The molecule has 5 aromatic rings. The molecule has 0 radical (unpaired) electrons. The number of hydrogen-bond donors (Lipinski definition) is 1. The van der Waals surface area contributed by atoms with Crippen LogP contribution in [0.3, 0.4) is 0 Å². The molecule has 0 spiro atoms. The predicted molar refractivity (Wildman–Crippen MR) is 108 cm³/mol. The van der Waals surface area contributed by atoms with Crippen LogP contribution in [0.5, 0.6) is 0 Å². The fraction of sp³-hybridized carbons (Fsp3) is 0.0400. The molecule has 1 heteroatoms. The summed E-state index contributed by atoms with van der Waals surface area (Å²) < 4.78 is 0. The van der Waals surface area contributed by atoms with Crippen LogP contribution in [0.15, 0.2) is 72.8 Å². The fourth-order valence-corrected chi connectivity index (χ4v) is 4.84. The minimum Gasteiger partial charge on any atom is -0.354 e. The van der Waals surface area contributed by atoms with Gasteiger partial charge in [0.2, 0.25) is 0 Å². The molecule has 2 heterocycles. The second kappa shape index (κ2) is 4.25. The van der Waals surface area contributed by atoms with Gasteiger partial charge in [0.15, 0.2) is 0 Å². The second-order valence-electron chi connectivity index (χ2n) is 7.57. The SMILES string of the molecule is c1cc2c3cc1-c1ccc4c(c1)[nH]c1cc(ccc14)-c1ccc-2c(c1)C3. The Balaban J connectivity index is 1.70. The molecule has 7 rings (SSSR count). The van der Waals surface area contributed by atoms with Crippen molar-refractivity contribution >= 4 is 21.8 Å². The van der Waals surface area contributed by atoms with Crippen molar-refractivity contribution in [3.63, 3.8) is 0 Å². The Morgan fingerprint density at radius 2 is 0.962 bits per heavy atom. The smallest absolute Gasteiger partial charge is 0.0471 e. The van der Waals surface area contributed by atoms with E-state index in [-0.39, 0.29) is 0 Å². The van der Waals surface area contributed by atoms with Crippen molar-refractivity contribution in [3.05, 3.63) is 83.9 Å². The molecule has 2 aliphatic rings. The van der Waals surface area contributed by atoms with Crippen LogP contribution in [0.2, 0.25) is 0 Å². The minimum absolute atomic E-state index is 1.03. The first-order chi connectivity index (χ1) is 12.8. The van der Waals surface area contributed by atoms with Gasteiger partial charge in [-0.05, 0) is 63.1 Å². The highest BCUT2D eigenvalue weighted by Crippen LogP contribution is 2.41. The van der Waals surface area contributed by atoms with Crippen LogP contribution >= 0.6 is 0 Å². The van der Waals surface area contributed by atoms with Crippen molar-refractivity contribution in [1.82, 2.24) is 4.98 Å². The first-order valence-corrected chi connectivity index (χ1v) is 9.16. The molecule has 0 fully saturated rings. The van der Waals surface area contributed by atoms with E-state index < -0.39 is 0 Å². The molecule has 0 saturated carbocycles. The van der Waals surface area contributed by atoms with Gasteiger partial charge in [-0.3, -0.25) is 0 Å². The van der Waals surface area contributed by atoms with E-state index in [2.05, 4.69) is 77.8 Å². The largest absolute Gasteiger partial charge is 0.354 e. The maximum Gasteiger partial charge on any atom is 0.0471 e. The number of fused-ring (bicyclic) bond motifs is 8. The average Bonchev–Trinajstić information content (AvgIpc) is 3.22. The summed E-state index contributed by atoms with van der Waals surface area (Å²) in [7, 11) is 0. The van der Waals surface area contributed by atoms with E-state index in [1.165, 1.54) is 66.3 Å². The average molecular weight is 329 g/mol. The van der Waals surface area contributed by atoms with Crippen molar-refractivity contribution < 1.29 is 0 Å². The summed E-state index contributed by atoms with van der Waals surface area (Å²) in [5.74, 6) is 0. The summed E-state index contributed by atoms with van der Waals surface area (Å²) in [6.45, 7) is 0. The molecule has 120 valence electrons. The van der Waals surface area contributed by atoms with Gasteiger partial charge in [0.1, 0.15) is 0 Å². The van der Waals surface area contributed by atoms with Crippen LogP contribution in [-0.4, -0.2) is 4.98 Å². The van der Waals surface area contributed by atoms with Gasteiger partial charge in [-0.2, -0.15) is 0 Å². The number of aromatic nitrogens is 1. The fourth-order valence-electron chi connectivity index (χ4n) is 4.84. The molecular weight excluding hydrogens is 314 g/mol. The third-order valence-corrected chi connectivity index (χ3v) is 6.15. The summed E-state index contributed by atoms with van der Waals surface area (Å²) in [6.07, 6.45) is 1.03. The topological polar surface area (TPSA) is 15.8 Å². The molecule has 0 unspecified atom stereocenters. The van der Waals surface area contributed by atoms with Crippen molar-refractivity contribution in [1.29, 1.82) is 0 Å². The van der Waals surface area contributed by atoms with Crippen molar-refractivity contribution in [2.75, 3.05) is 0 Å². The Morgan fingerprint density at radius 1 is 0.500 bits per heavy atom. The van der Waals surface area contributed by atoms with Gasteiger partial charge in [-0.1, -0.05) is 60.7 Å². The van der Waals surface area contributed by atoms with E-state index in [0.717, 1.165) is 6.42 Å². The standard InChI is InChI=1S/C25H15N/c1-5-20-18-9-14(1)16-3-7-22-23-8-4-17(13-25(23)26-24(22)12-16)15-2-6-21(20)19(10-15)11-18/h1-10,12-13,26H,11H2. The first kappa shape index (κ1) is 13.0. The molecule has 1 aliphatic heterocycles. The van der Waals surface area contributed by atoms with Gasteiger partial charge in [0.25, 0.3) is 0 Å². The summed E-state index contributed by atoms with van der Waals surface area (Å²) in [5, 5.41) is 2.59. The zero-order valence-electron chi connectivity index (χ0n) is 14.1. The van der Waals surface area contributed by atoms with E-state index in [9.17, 15) is 0 Å². The zero-order chi connectivity index (χ0) is 16.8. The molecule has 26 heavy (non-hydrogen) atoms. The maximum absolute atomic E-state index is 3.64. The molecule has 0 atom stereocenters. The Bertz CT molecular complexity index is 1300. The van der Waals surface area contributed by atoms with Crippen molar-refractivity contribution in [3.8, 4) is 33.4 Å². The third kappa shape index (κ3) is 1.52. The highest BCUT2D eigenvalue weighted by molar-refractivity contribution is 6.09. The lowest BCUT2D eigenvalue weighted by Crippen LogP contribution is -1.84. The Labute approximate surface area is 150 Å². The lowest BCUT2D eigenvalue weighted by molar-refractivity contribution is 1.26. The number of rotatable bonds is 0. The van der Waals surface area contributed by atoms with E-state index in [1.54, 1.807) is 0 Å². The molecule has 4 aromatic carbocycles. The van der Waals surface area contributed by atoms with E-state index in [1.807, 2.05) is 0 Å². The predicted octanol–water partition coefficient (Wildman–Crippen LogP) is 6.54. The number of aromatic amines is 1. The lowest BCUT2D eigenvalue weighted by atomic mass is 9.96. The minimum atomic E-state index is 1.03. The highest BCUT2D eigenvalue weighted by atomic mass is 14.7. The van der Waals surface area contributed by atoms with Gasteiger partial charge in [-0.15, -0.1) is 0 Å². The van der Waals surface area contributed by atoms with Crippen molar-refractivity contribution in [2.45, 2.75) is 6.42 Å². The van der Waals surface area contributed by atoms with Gasteiger partial charge < -0.3 is 4.98 Å². The summed E-state index contributed by atoms with van der Waals surface area (Å²) in [4.78, 5) is 3.64.